The van der Waals surface area contributed by atoms with E-state index < -0.39 is 18.1 Å². The quantitative estimate of drug-likeness (QED) is 0.353. The molecule has 7 heteroatoms. The molecule has 5 amide bonds. The fourth-order valence-corrected chi connectivity index (χ4v) is 3.13. The zero-order valence-electron chi connectivity index (χ0n) is 20.3. The maximum atomic E-state index is 13.1. The van der Waals surface area contributed by atoms with Gasteiger partial charge in [0, 0.05) is 19.1 Å². The van der Waals surface area contributed by atoms with E-state index in [4.69, 9.17) is 0 Å². The summed E-state index contributed by atoms with van der Waals surface area (Å²) in [5.74, 6) is 0.184. The summed E-state index contributed by atoms with van der Waals surface area (Å²) in [6.07, 6.45) is 6.06. The maximum absolute atomic E-state index is 13.1. The van der Waals surface area contributed by atoms with Crippen LogP contribution < -0.4 is 16.0 Å². The van der Waals surface area contributed by atoms with E-state index in [0.717, 1.165) is 43.4 Å². The van der Waals surface area contributed by atoms with E-state index in [2.05, 4.69) is 29.8 Å². The third kappa shape index (κ3) is 11.4. The molecule has 0 heterocycles. The lowest BCUT2D eigenvalue weighted by molar-refractivity contribution is -0.125. The van der Waals surface area contributed by atoms with Gasteiger partial charge in [-0.25, -0.2) is 14.5 Å². The van der Waals surface area contributed by atoms with Gasteiger partial charge in [-0.15, -0.1) is 0 Å². The van der Waals surface area contributed by atoms with Crippen molar-refractivity contribution < 1.29 is 14.4 Å². The molecule has 3 N–H and O–H groups in total. The van der Waals surface area contributed by atoms with Crippen LogP contribution in [-0.2, 0) is 4.79 Å². The monoisotopic (exact) mass is 426 g/mol. The molecule has 7 nitrogen and oxygen atoms in total. The van der Waals surface area contributed by atoms with E-state index in [9.17, 15) is 14.4 Å². The molecule has 3 atom stereocenters. The molecular formula is C23H46N4O3. The van der Waals surface area contributed by atoms with Gasteiger partial charge in [-0.2, -0.15) is 0 Å². The molecule has 176 valence electrons. The average molecular weight is 427 g/mol. The van der Waals surface area contributed by atoms with Crippen LogP contribution in [0.4, 0.5) is 9.59 Å². The minimum absolute atomic E-state index is 0.0697. The number of carbonyl (C=O) groups excluding carboxylic acids is 3. The van der Waals surface area contributed by atoms with Crippen LogP contribution in [0, 0.1) is 11.8 Å². The average Bonchev–Trinajstić information content (AvgIpc) is 2.68. The molecule has 3 unspecified atom stereocenters. The molecule has 0 saturated heterocycles. The Morgan fingerprint density at radius 2 is 1.53 bits per heavy atom. The minimum Gasteiger partial charge on any atom is -0.354 e. The zero-order chi connectivity index (χ0) is 23.1. The van der Waals surface area contributed by atoms with Gasteiger partial charge in [0.25, 0.3) is 0 Å². The van der Waals surface area contributed by atoms with Crippen LogP contribution in [-0.4, -0.2) is 48.0 Å². The molecule has 0 aromatic rings. The van der Waals surface area contributed by atoms with Crippen LogP contribution in [0.5, 0.6) is 0 Å². The molecule has 0 radical (unpaired) electrons. The third-order valence-electron chi connectivity index (χ3n) is 5.22. The Balaban J connectivity index is 5.56. The summed E-state index contributed by atoms with van der Waals surface area (Å²) in [6.45, 7) is 15.2. The number of amides is 5. The smallest absolute Gasteiger partial charge is 0.326 e. The predicted octanol–water partition coefficient (Wildman–Crippen LogP) is 4.66. The van der Waals surface area contributed by atoms with Crippen LogP contribution in [0.1, 0.15) is 93.4 Å². The fraction of sp³-hybridized carbons (Fsp3) is 0.870. The summed E-state index contributed by atoms with van der Waals surface area (Å²) in [6, 6.07) is -1.92. The van der Waals surface area contributed by atoms with Crippen LogP contribution >= 0.6 is 0 Å². The van der Waals surface area contributed by atoms with Crippen LogP contribution in [0.2, 0.25) is 0 Å². The Bertz CT molecular complexity index is 511. The second-order valence-corrected chi connectivity index (χ2v) is 8.85. The lowest BCUT2D eigenvalue weighted by Gasteiger charge is -2.32. The van der Waals surface area contributed by atoms with E-state index in [1.807, 2.05) is 34.6 Å². The highest BCUT2D eigenvalue weighted by Gasteiger charge is 2.35. The number of imide groups is 1. The van der Waals surface area contributed by atoms with Crippen molar-refractivity contribution in [3.8, 4) is 0 Å². The zero-order valence-corrected chi connectivity index (χ0v) is 20.3. The van der Waals surface area contributed by atoms with Crippen LogP contribution in [0.3, 0.4) is 0 Å². The van der Waals surface area contributed by atoms with Gasteiger partial charge in [0.2, 0.25) is 5.91 Å². The van der Waals surface area contributed by atoms with Crippen molar-refractivity contribution in [1.82, 2.24) is 20.9 Å². The topological polar surface area (TPSA) is 90.5 Å². The second kappa shape index (κ2) is 16.0. The Morgan fingerprint density at radius 3 is 2.07 bits per heavy atom. The summed E-state index contributed by atoms with van der Waals surface area (Å²) in [4.78, 5) is 40.2. The first-order chi connectivity index (χ1) is 14.2. The Morgan fingerprint density at radius 1 is 0.867 bits per heavy atom. The Labute approximate surface area is 184 Å². The summed E-state index contributed by atoms with van der Waals surface area (Å²) in [5, 5.41) is 8.67. The van der Waals surface area contributed by atoms with Crippen LogP contribution in [0.15, 0.2) is 0 Å². The Hall–Kier alpha value is -1.79. The number of hydrogen-bond donors (Lipinski definition) is 3. The maximum Gasteiger partial charge on any atom is 0.326 e. The molecule has 0 aliphatic carbocycles. The number of unbranched alkanes of at least 4 members (excludes halogenated alkanes) is 2. The molecule has 0 fully saturated rings. The predicted molar refractivity (Wildman–Crippen MR) is 123 cm³/mol. The van der Waals surface area contributed by atoms with Gasteiger partial charge in [0.1, 0.15) is 6.04 Å². The molecule has 0 spiro atoms. The number of nitrogens with zero attached hydrogens (tertiary/aromatic N) is 1. The Kier molecular flexibility index (Phi) is 15.0. The standard InChI is InChI=1S/C23H46N4O3/c1-8-11-12-14-24-21(28)20(15-17(4)5)27(22(29)25-16-18(6)10-3)23(30)26-19(7)13-9-2/h17-20H,8-16H2,1-7H3,(H,24,28)(H,25,29)(H,26,30). The van der Waals surface area contributed by atoms with Gasteiger partial charge >= 0.3 is 12.1 Å². The van der Waals surface area contributed by atoms with Gasteiger partial charge in [-0.05, 0) is 38.0 Å². The van der Waals surface area contributed by atoms with Crippen molar-refractivity contribution >= 4 is 18.0 Å². The molecule has 0 bridgehead atoms. The normalized spacial score (nSPS) is 14.0. The number of carbonyl (C=O) groups is 3. The van der Waals surface area contributed by atoms with Crippen molar-refractivity contribution in [3.63, 3.8) is 0 Å². The van der Waals surface area contributed by atoms with Crippen molar-refractivity contribution in [1.29, 1.82) is 0 Å². The van der Waals surface area contributed by atoms with E-state index in [1.54, 1.807) is 0 Å². The summed E-state index contributed by atoms with van der Waals surface area (Å²) < 4.78 is 0. The highest BCUT2D eigenvalue weighted by Crippen LogP contribution is 2.14. The highest BCUT2D eigenvalue weighted by atomic mass is 16.2. The summed E-state index contributed by atoms with van der Waals surface area (Å²) in [7, 11) is 0. The van der Waals surface area contributed by atoms with E-state index in [-0.39, 0.29) is 17.9 Å². The molecule has 0 aromatic heterocycles. The fourth-order valence-electron chi connectivity index (χ4n) is 3.13. The second-order valence-electron chi connectivity index (χ2n) is 8.85. The SMILES string of the molecule is CCCCCNC(=O)C(CC(C)C)N(C(=O)NCC(C)CC)C(=O)NC(C)CCC. The number of urea groups is 2. The minimum atomic E-state index is -0.836. The largest absolute Gasteiger partial charge is 0.354 e. The summed E-state index contributed by atoms with van der Waals surface area (Å²) in [5.41, 5.74) is 0. The van der Waals surface area contributed by atoms with Gasteiger partial charge in [-0.3, -0.25) is 4.79 Å². The molecule has 0 rings (SSSR count). The van der Waals surface area contributed by atoms with Gasteiger partial charge < -0.3 is 16.0 Å². The molecule has 30 heavy (non-hydrogen) atoms. The van der Waals surface area contributed by atoms with E-state index >= 15 is 0 Å². The van der Waals surface area contributed by atoms with Gasteiger partial charge in [0.15, 0.2) is 0 Å². The lowest BCUT2D eigenvalue weighted by Crippen LogP contribution is -2.59. The molecule has 0 aliphatic heterocycles. The van der Waals surface area contributed by atoms with Crippen LogP contribution in [0.25, 0.3) is 0 Å². The van der Waals surface area contributed by atoms with Crippen molar-refractivity contribution in [2.24, 2.45) is 11.8 Å². The van der Waals surface area contributed by atoms with Crippen molar-refractivity contribution in [2.45, 2.75) is 105 Å². The third-order valence-corrected chi connectivity index (χ3v) is 5.22. The first-order valence-electron chi connectivity index (χ1n) is 11.8. The van der Waals surface area contributed by atoms with Gasteiger partial charge in [-0.1, -0.05) is 67.2 Å². The molecule has 0 aromatic carbocycles. The molecule has 0 saturated carbocycles. The first-order valence-corrected chi connectivity index (χ1v) is 11.8. The van der Waals surface area contributed by atoms with Crippen molar-refractivity contribution in [2.75, 3.05) is 13.1 Å². The van der Waals surface area contributed by atoms with Gasteiger partial charge in [0.05, 0.1) is 0 Å². The molecule has 0 aliphatic rings. The highest BCUT2D eigenvalue weighted by molar-refractivity contribution is 5.99. The molecular weight excluding hydrogens is 380 g/mol. The summed E-state index contributed by atoms with van der Waals surface area (Å²) >= 11 is 0. The van der Waals surface area contributed by atoms with E-state index in [1.165, 1.54) is 0 Å². The van der Waals surface area contributed by atoms with Crippen molar-refractivity contribution in [3.05, 3.63) is 0 Å². The van der Waals surface area contributed by atoms with E-state index in [0.29, 0.717) is 25.4 Å². The number of hydrogen-bond acceptors (Lipinski definition) is 3. The number of nitrogens with one attached hydrogen (secondary N) is 3. The number of rotatable bonds is 14. The first kappa shape index (κ1) is 28.2. The lowest BCUT2D eigenvalue weighted by atomic mass is 10.0.